The van der Waals surface area contributed by atoms with Crippen LogP contribution in [0.25, 0.3) is 0 Å². The van der Waals surface area contributed by atoms with Crippen molar-refractivity contribution in [2.75, 3.05) is 11.4 Å². The van der Waals surface area contributed by atoms with Crippen molar-refractivity contribution in [3.63, 3.8) is 0 Å². The number of carbonyl (C=O) groups is 1. The Bertz CT molecular complexity index is 645. The molecule has 0 saturated heterocycles. The van der Waals surface area contributed by atoms with Crippen LogP contribution in [-0.2, 0) is 10.2 Å². The van der Waals surface area contributed by atoms with Gasteiger partial charge in [0.05, 0.1) is 5.41 Å². The van der Waals surface area contributed by atoms with Crippen LogP contribution in [0.5, 0.6) is 0 Å². The number of halogens is 4. The Balaban J connectivity index is 0.000000238. The topological polar surface area (TPSA) is 20.3 Å². The van der Waals surface area contributed by atoms with E-state index in [1.165, 1.54) is 25.0 Å². The van der Waals surface area contributed by atoms with Crippen LogP contribution >= 0.6 is 0 Å². The van der Waals surface area contributed by atoms with Crippen molar-refractivity contribution in [2.24, 2.45) is 11.8 Å². The first-order valence-corrected chi connectivity index (χ1v) is 8.33. The molecule has 6 heteroatoms. The van der Waals surface area contributed by atoms with Gasteiger partial charge in [0.15, 0.2) is 0 Å². The van der Waals surface area contributed by atoms with Crippen molar-refractivity contribution >= 4 is 11.6 Å². The molecule has 1 heterocycles. The molecule has 0 atom stereocenters. The van der Waals surface area contributed by atoms with Gasteiger partial charge >= 0.3 is 6.18 Å². The minimum atomic E-state index is -4.46. The summed E-state index contributed by atoms with van der Waals surface area (Å²) in [7, 11) is 0. The van der Waals surface area contributed by atoms with Crippen molar-refractivity contribution in [2.45, 2.75) is 51.1 Å². The van der Waals surface area contributed by atoms with E-state index < -0.39 is 29.9 Å². The minimum absolute atomic E-state index is 0.191. The summed E-state index contributed by atoms with van der Waals surface area (Å²) in [6.07, 6.45) is -0.468. The molecule has 4 rings (SSSR count). The van der Waals surface area contributed by atoms with E-state index in [0.29, 0.717) is 18.4 Å². The maximum Gasteiger partial charge on any atom is 0.406 e. The van der Waals surface area contributed by atoms with Gasteiger partial charge in [-0.2, -0.15) is 13.2 Å². The highest BCUT2D eigenvalue weighted by Crippen LogP contribution is 2.57. The lowest BCUT2D eigenvalue weighted by Crippen LogP contribution is -2.39. The van der Waals surface area contributed by atoms with E-state index in [-0.39, 0.29) is 5.69 Å². The van der Waals surface area contributed by atoms with E-state index in [1.807, 2.05) is 0 Å². The molecular weight excluding hydrogens is 322 g/mol. The van der Waals surface area contributed by atoms with E-state index in [9.17, 15) is 22.4 Å². The van der Waals surface area contributed by atoms with Crippen LogP contribution < -0.4 is 4.90 Å². The van der Waals surface area contributed by atoms with Gasteiger partial charge in [0.2, 0.25) is 5.91 Å². The van der Waals surface area contributed by atoms with Crippen LogP contribution in [0.4, 0.5) is 23.2 Å². The average Bonchev–Trinajstić information content (AvgIpc) is 3.37. The number of nitrogens with zero attached hydrogens (tertiary/aromatic N) is 1. The molecule has 0 aromatic heterocycles. The SMILES string of the molecule is CC(C)C1CC1.O=C1N(CC(F)(F)F)c2ccc(F)cc2C12CC2. The van der Waals surface area contributed by atoms with Crippen LogP contribution in [-0.4, -0.2) is 18.6 Å². The van der Waals surface area contributed by atoms with Crippen LogP contribution in [0.15, 0.2) is 18.2 Å². The van der Waals surface area contributed by atoms with Crippen molar-refractivity contribution < 1.29 is 22.4 Å². The second kappa shape index (κ2) is 5.74. The molecule has 1 spiro atoms. The van der Waals surface area contributed by atoms with E-state index in [2.05, 4.69) is 13.8 Å². The maximum atomic E-state index is 13.2. The van der Waals surface area contributed by atoms with Crippen LogP contribution in [0, 0.1) is 17.7 Å². The van der Waals surface area contributed by atoms with Crippen LogP contribution in [0.2, 0.25) is 0 Å². The number of hydrogen-bond acceptors (Lipinski definition) is 1. The van der Waals surface area contributed by atoms with Gasteiger partial charge < -0.3 is 4.90 Å². The molecular formula is C18H21F4NO. The predicted molar refractivity (Wildman–Crippen MR) is 83.3 cm³/mol. The summed E-state index contributed by atoms with van der Waals surface area (Å²) < 4.78 is 50.5. The number of benzene rings is 1. The fourth-order valence-corrected chi connectivity index (χ4v) is 3.32. The Kier molecular flexibility index (Phi) is 4.12. The number of hydrogen-bond donors (Lipinski definition) is 0. The number of rotatable bonds is 2. The lowest BCUT2D eigenvalue weighted by atomic mass is 9.98. The van der Waals surface area contributed by atoms with E-state index in [1.54, 1.807) is 0 Å². The number of amides is 1. The minimum Gasteiger partial charge on any atom is -0.302 e. The molecule has 2 aliphatic carbocycles. The van der Waals surface area contributed by atoms with Crippen molar-refractivity contribution in [1.29, 1.82) is 0 Å². The third kappa shape index (κ3) is 3.28. The highest BCUT2D eigenvalue weighted by Gasteiger charge is 2.60. The second-order valence-corrected chi connectivity index (χ2v) is 7.33. The fraction of sp³-hybridized carbons (Fsp3) is 0.611. The van der Waals surface area contributed by atoms with E-state index >= 15 is 0 Å². The van der Waals surface area contributed by atoms with Crippen LogP contribution in [0.1, 0.15) is 45.1 Å². The zero-order valence-electron chi connectivity index (χ0n) is 13.8. The fourth-order valence-electron chi connectivity index (χ4n) is 3.32. The zero-order chi connectivity index (χ0) is 17.7. The maximum absolute atomic E-state index is 13.2. The largest absolute Gasteiger partial charge is 0.406 e. The van der Waals surface area contributed by atoms with Gasteiger partial charge in [-0.15, -0.1) is 0 Å². The van der Waals surface area contributed by atoms with Gasteiger partial charge in [-0.05, 0) is 61.3 Å². The standard InChI is InChI=1S/C12H9F4NO.C6H12/c13-7-1-2-9-8(5-7)11(3-4-11)10(18)17(9)6-12(14,15)16;1-5(2)6-3-4-6/h1-2,5H,3-4,6H2;5-6H,3-4H2,1-2H3. The van der Waals surface area contributed by atoms with Crippen LogP contribution in [0.3, 0.4) is 0 Å². The van der Waals surface area contributed by atoms with Crippen molar-refractivity contribution in [3.8, 4) is 0 Å². The Hall–Kier alpha value is -1.59. The Morgan fingerprint density at radius 1 is 1.25 bits per heavy atom. The molecule has 1 aliphatic heterocycles. The van der Waals surface area contributed by atoms with Gasteiger partial charge in [0.1, 0.15) is 12.4 Å². The molecule has 2 fully saturated rings. The monoisotopic (exact) mass is 343 g/mol. The summed E-state index contributed by atoms with van der Waals surface area (Å²) >= 11 is 0. The lowest BCUT2D eigenvalue weighted by Gasteiger charge is -2.19. The molecule has 0 bridgehead atoms. The summed E-state index contributed by atoms with van der Waals surface area (Å²) in [6.45, 7) is 3.29. The highest BCUT2D eigenvalue weighted by molar-refractivity contribution is 6.10. The first-order chi connectivity index (χ1) is 11.1. The molecule has 0 unspecified atom stereocenters. The van der Waals surface area contributed by atoms with Gasteiger partial charge in [0.25, 0.3) is 0 Å². The third-order valence-electron chi connectivity index (χ3n) is 5.07. The predicted octanol–water partition coefficient (Wildman–Crippen LogP) is 4.82. The summed E-state index contributed by atoms with van der Waals surface area (Å²) in [5.74, 6) is 0.983. The number of anilines is 1. The van der Waals surface area contributed by atoms with Crippen molar-refractivity contribution in [1.82, 2.24) is 0 Å². The zero-order valence-corrected chi connectivity index (χ0v) is 13.8. The van der Waals surface area contributed by atoms with Crippen molar-refractivity contribution in [3.05, 3.63) is 29.6 Å². The molecule has 1 amide bonds. The molecule has 2 nitrogen and oxygen atoms in total. The molecule has 0 radical (unpaired) electrons. The summed E-state index contributed by atoms with van der Waals surface area (Å²) in [5.41, 5.74) is -0.296. The Morgan fingerprint density at radius 3 is 2.29 bits per heavy atom. The Morgan fingerprint density at radius 2 is 1.88 bits per heavy atom. The molecule has 132 valence electrons. The normalized spacial score (nSPS) is 21.0. The quantitative estimate of drug-likeness (QED) is 0.705. The summed E-state index contributed by atoms with van der Waals surface area (Å²) in [5, 5.41) is 0. The summed E-state index contributed by atoms with van der Waals surface area (Å²) in [4.78, 5) is 12.8. The molecule has 2 saturated carbocycles. The first-order valence-electron chi connectivity index (χ1n) is 8.33. The second-order valence-electron chi connectivity index (χ2n) is 7.33. The van der Waals surface area contributed by atoms with E-state index in [4.69, 9.17) is 0 Å². The molecule has 0 N–H and O–H groups in total. The van der Waals surface area contributed by atoms with Gasteiger partial charge in [-0.25, -0.2) is 4.39 Å². The average molecular weight is 343 g/mol. The smallest absolute Gasteiger partial charge is 0.302 e. The number of fused-ring (bicyclic) bond motifs is 2. The first kappa shape index (κ1) is 17.2. The van der Waals surface area contributed by atoms with E-state index in [0.717, 1.165) is 22.8 Å². The van der Waals surface area contributed by atoms with Gasteiger partial charge in [-0.3, -0.25) is 4.79 Å². The Labute approximate surface area is 138 Å². The van der Waals surface area contributed by atoms with Gasteiger partial charge in [0, 0.05) is 5.69 Å². The molecule has 1 aromatic carbocycles. The molecule has 1 aromatic rings. The van der Waals surface area contributed by atoms with Gasteiger partial charge in [-0.1, -0.05) is 13.8 Å². The highest BCUT2D eigenvalue weighted by atomic mass is 19.4. The number of alkyl halides is 3. The summed E-state index contributed by atoms with van der Waals surface area (Å²) in [6, 6.07) is 3.51. The molecule has 24 heavy (non-hydrogen) atoms. The molecule has 3 aliphatic rings. The lowest BCUT2D eigenvalue weighted by molar-refractivity contribution is -0.132. The number of carbonyl (C=O) groups excluding carboxylic acids is 1. The third-order valence-corrected chi connectivity index (χ3v) is 5.07.